The molecule has 0 amide bonds. The van der Waals surface area contributed by atoms with Crippen LogP contribution in [-0.2, 0) is 4.74 Å². The SMILES string of the molecule is O[C@H]1C[C@@H]2COCCN2C1. The van der Waals surface area contributed by atoms with Crippen LogP contribution in [0.25, 0.3) is 0 Å². The third-order valence-corrected chi connectivity index (χ3v) is 2.34. The number of morpholine rings is 1. The summed E-state index contributed by atoms with van der Waals surface area (Å²) in [6.07, 6.45) is 0.798. The molecule has 3 heteroatoms. The highest BCUT2D eigenvalue weighted by Crippen LogP contribution is 2.19. The molecule has 2 aliphatic rings. The van der Waals surface area contributed by atoms with Gasteiger partial charge < -0.3 is 9.84 Å². The van der Waals surface area contributed by atoms with Crippen molar-refractivity contribution in [2.75, 3.05) is 26.3 Å². The number of fused-ring (bicyclic) bond motifs is 1. The molecule has 58 valence electrons. The lowest BCUT2D eigenvalue weighted by Crippen LogP contribution is -2.40. The van der Waals surface area contributed by atoms with Crippen LogP contribution in [0.3, 0.4) is 0 Å². The van der Waals surface area contributed by atoms with Crippen molar-refractivity contribution < 1.29 is 9.84 Å². The van der Waals surface area contributed by atoms with Gasteiger partial charge in [0.05, 0.1) is 19.3 Å². The lowest BCUT2D eigenvalue weighted by molar-refractivity contribution is 0.0126. The topological polar surface area (TPSA) is 32.7 Å². The van der Waals surface area contributed by atoms with E-state index in [4.69, 9.17) is 4.74 Å². The second-order valence-corrected chi connectivity index (χ2v) is 3.11. The van der Waals surface area contributed by atoms with E-state index in [9.17, 15) is 5.11 Å². The fourth-order valence-corrected chi connectivity index (χ4v) is 1.81. The second kappa shape index (κ2) is 2.49. The fourth-order valence-electron chi connectivity index (χ4n) is 1.81. The zero-order valence-electron chi connectivity index (χ0n) is 5.99. The van der Waals surface area contributed by atoms with Crippen LogP contribution >= 0.6 is 0 Å². The summed E-state index contributed by atoms with van der Waals surface area (Å²) in [4.78, 5) is 2.31. The Hall–Kier alpha value is -0.120. The van der Waals surface area contributed by atoms with Gasteiger partial charge in [0.25, 0.3) is 0 Å². The van der Waals surface area contributed by atoms with Crippen LogP contribution < -0.4 is 0 Å². The van der Waals surface area contributed by atoms with Crippen molar-refractivity contribution in [1.29, 1.82) is 0 Å². The molecule has 0 spiro atoms. The molecule has 2 fully saturated rings. The van der Waals surface area contributed by atoms with Gasteiger partial charge in [-0.3, -0.25) is 4.90 Å². The third kappa shape index (κ3) is 1.05. The van der Waals surface area contributed by atoms with Crippen LogP contribution in [0.5, 0.6) is 0 Å². The van der Waals surface area contributed by atoms with E-state index in [1.165, 1.54) is 0 Å². The number of ether oxygens (including phenoxy) is 1. The Morgan fingerprint density at radius 2 is 2.40 bits per heavy atom. The maximum atomic E-state index is 9.26. The van der Waals surface area contributed by atoms with Crippen molar-refractivity contribution in [2.24, 2.45) is 0 Å². The van der Waals surface area contributed by atoms with Gasteiger partial charge in [-0.2, -0.15) is 0 Å². The van der Waals surface area contributed by atoms with Gasteiger partial charge in [0, 0.05) is 19.1 Å². The van der Waals surface area contributed by atoms with Crippen molar-refractivity contribution in [2.45, 2.75) is 18.6 Å². The first-order valence-electron chi connectivity index (χ1n) is 3.86. The van der Waals surface area contributed by atoms with E-state index in [0.29, 0.717) is 6.04 Å². The predicted molar refractivity (Wildman–Crippen MR) is 36.8 cm³/mol. The van der Waals surface area contributed by atoms with Crippen LogP contribution in [-0.4, -0.2) is 48.5 Å². The summed E-state index contributed by atoms with van der Waals surface area (Å²) >= 11 is 0. The standard InChI is InChI=1S/C7H13NO2/c9-7-3-6-5-10-2-1-8(6)4-7/h6-7,9H,1-5H2/t6-,7+/m1/s1. The summed E-state index contributed by atoms with van der Waals surface area (Å²) in [5.41, 5.74) is 0. The Balaban J connectivity index is 1.97. The first kappa shape index (κ1) is 6.58. The van der Waals surface area contributed by atoms with Gasteiger partial charge in [0.2, 0.25) is 0 Å². The summed E-state index contributed by atoms with van der Waals surface area (Å²) in [6.45, 7) is 3.51. The Labute approximate surface area is 60.6 Å². The van der Waals surface area contributed by atoms with E-state index in [-0.39, 0.29) is 6.10 Å². The molecule has 0 aromatic carbocycles. The molecule has 0 radical (unpaired) electrons. The number of rotatable bonds is 0. The highest BCUT2D eigenvalue weighted by molar-refractivity contribution is 4.86. The molecule has 0 bridgehead atoms. The van der Waals surface area contributed by atoms with Gasteiger partial charge in [-0.1, -0.05) is 0 Å². The van der Waals surface area contributed by atoms with Gasteiger partial charge in [-0.25, -0.2) is 0 Å². The van der Waals surface area contributed by atoms with Gasteiger partial charge in [-0.15, -0.1) is 0 Å². The molecule has 0 saturated carbocycles. The lowest BCUT2D eigenvalue weighted by atomic mass is 10.2. The molecule has 2 heterocycles. The van der Waals surface area contributed by atoms with E-state index in [1.807, 2.05) is 0 Å². The molecule has 1 N–H and O–H groups in total. The fraction of sp³-hybridized carbons (Fsp3) is 1.00. The molecule has 2 atom stereocenters. The minimum Gasteiger partial charge on any atom is -0.392 e. The van der Waals surface area contributed by atoms with E-state index in [2.05, 4.69) is 4.90 Å². The smallest absolute Gasteiger partial charge is 0.0683 e. The number of hydrogen-bond donors (Lipinski definition) is 1. The average molecular weight is 143 g/mol. The molecule has 0 unspecified atom stereocenters. The zero-order chi connectivity index (χ0) is 6.97. The highest BCUT2D eigenvalue weighted by Gasteiger charge is 2.32. The monoisotopic (exact) mass is 143 g/mol. The van der Waals surface area contributed by atoms with Gasteiger partial charge in [-0.05, 0) is 6.42 Å². The third-order valence-electron chi connectivity index (χ3n) is 2.34. The highest BCUT2D eigenvalue weighted by atomic mass is 16.5. The molecule has 2 rings (SSSR count). The Bertz CT molecular complexity index is 115. The number of aliphatic hydroxyl groups is 1. The Kier molecular flexibility index (Phi) is 1.64. The lowest BCUT2D eigenvalue weighted by Gasteiger charge is -2.28. The molecule has 2 saturated heterocycles. The average Bonchev–Trinajstić information content (AvgIpc) is 2.27. The maximum Gasteiger partial charge on any atom is 0.0683 e. The molecular weight excluding hydrogens is 130 g/mol. The Morgan fingerprint density at radius 3 is 3.20 bits per heavy atom. The number of hydrogen-bond acceptors (Lipinski definition) is 3. The van der Waals surface area contributed by atoms with Crippen molar-refractivity contribution in [3.8, 4) is 0 Å². The summed E-state index contributed by atoms with van der Waals surface area (Å²) in [6, 6.07) is 0.503. The van der Waals surface area contributed by atoms with Crippen LogP contribution in [0.2, 0.25) is 0 Å². The predicted octanol–water partition coefficient (Wildman–Crippen LogP) is -0.548. The molecular formula is C7H13NO2. The van der Waals surface area contributed by atoms with E-state index >= 15 is 0 Å². The molecule has 0 aromatic rings. The molecule has 2 aliphatic heterocycles. The molecule has 10 heavy (non-hydrogen) atoms. The minimum atomic E-state index is -0.105. The van der Waals surface area contributed by atoms with Crippen LogP contribution in [0.15, 0.2) is 0 Å². The minimum absolute atomic E-state index is 0.105. The summed E-state index contributed by atoms with van der Waals surface area (Å²) in [7, 11) is 0. The summed E-state index contributed by atoms with van der Waals surface area (Å²) in [5.74, 6) is 0. The number of nitrogens with zero attached hydrogens (tertiary/aromatic N) is 1. The molecule has 3 nitrogen and oxygen atoms in total. The van der Waals surface area contributed by atoms with Crippen LogP contribution in [0.1, 0.15) is 6.42 Å². The van der Waals surface area contributed by atoms with Crippen LogP contribution in [0.4, 0.5) is 0 Å². The first-order chi connectivity index (χ1) is 4.86. The summed E-state index contributed by atoms with van der Waals surface area (Å²) < 4.78 is 5.28. The summed E-state index contributed by atoms with van der Waals surface area (Å²) in [5, 5.41) is 9.26. The Morgan fingerprint density at radius 1 is 1.50 bits per heavy atom. The van der Waals surface area contributed by atoms with Crippen LogP contribution in [0, 0.1) is 0 Å². The van der Waals surface area contributed by atoms with E-state index in [1.54, 1.807) is 0 Å². The number of aliphatic hydroxyl groups excluding tert-OH is 1. The van der Waals surface area contributed by atoms with Crippen molar-refractivity contribution in [3.63, 3.8) is 0 Å². The van der Waals surface area contributed by atoms with Crippen molar-refractivity contribution in [3.05, 3.63) is 0 Å². The molecule has 0 aliphatic carbocycles. The van der Waals surface area contributed by atoms with E-state index < -0.39 is 0 Å². The first-order valence-corrected chi connectivity index (χ1v) is 3.86. The largest absolute Gasteiger partial charge is 0.392 e. The van der Waals surface area contributed by atoms with E-state index in [0.717, 1.165) is 32.7 Å². The normalized spacial score (nSPS) is 41.7. The molecule has 0 aromatic heterocycles. The van der Waals surface area contributed by atoms with Gasteiger partial charge in [0.1, 0.15) is 0 Å². The van der Waals surface area contributed by atoms with Gasteiger partial charge in [0.15, 0.2) is 0 Å². The van der Waals surface area contributed by atoms with Crippen molar-refractivity contribution >= 4 is 0 Å². The second-order valence-electron chi connectivity index (χ2n) is 3.11. The zero-order valence-corrected chi connectivity index (χ0v) is 5.99. The quantitative estimate of drug-likeness (QED) is 0.494. The van der Waals surface area contributed by atoms with Crippen molar-refractivity contribution in [1.82, 2.24) is 4.90 Å². The van der Waals surface area contributed by atoms with Gasteiger partial charge >= 0.3 is 0 Å². The maximum absolute atomic E-state index is 9.26.